The molecule has 1 N–H and O–H groups in total. The first-order chi connectivity index (χ1) is 9.86. The van der Waals surface area contributed by atoms with E-state index < -0.39 is 11.1 Å². The summed E-state index contributed by atoms with van der Waals surface area (Å²) in [6, 6.07) is 0. The van der Waals surface area contributed by atoms with Gasteiger partial charge >= 0.3 is 6.18 Å². The fraction of sp³-hybridized carbons (Fsp3) is 0.667. The van der Waals surface area contributed by atoms with E-state index in [4.69, 9.17) is 0 Å². The molecular formula is C12H18ClF3N4OS. The zero-order valence-electron chi connectivity index (χ0n) is 12.0. The van der Waals surface area contributed by atoms with Crippen LogP contribution >= 0.6 is 23.7 Å². The molecule has 1 aromatic heterocycles. The third-order valence-corrected chi connectivity index (χ3v) is 4.14. The molecule has 1 fully saturated rings. The number of piperazine rings is 1. The molecule has 1 aliphatic rings. The lowest BCUT2D eigenvalue weighted by Crippen LogP contribution is -2.49. The highest BCUT2D eigenvalue weighted by atomic mass is 35.5. The minimum Gasteiger partial charge on any atom is -0.339 e. The molecule has 1 aromatic rings. The number of thiazole rings is 1. The Morgan fingerprint density at radius 3 is 2.64 bits per heavy atom. The smallest absolute Gasteiger partial charge is 0.339 e. The van der Waals surface area contributed by atoms with E-state index in [2.05, 4.69) is 10.3 Å². The number of alkyl halides is 3. The van der Waals surface area contributed by atoms with Gasteiger partial charge in [0.2, 0.25) is 5.91 Å². The molecule has 22 heavy (non-hydrogen) atoms. The summed E-state index contributed by atoms with van der Waals surface area (Å²) in [6.45, 7) is 3.30. The predicted molar refractivity (Wildman–Crippen MR) is 80.1 cm³/mol. The Balaban J connectivity index is 0.00000242. The molecule has 2 heterocycles. The maximum atomic E-state index is 12.5. The van der Waals surface area contributed by atoms with Gasteiger partial charge in [0.1, 0.15) is 9.88 Å². The molecule has 0 bridgehead atoms. The first-order valence-electron chi connectivity index (χ1n) is 6.55. The molecule has 2 rings (SSSR count). The standard InChI is InChI=1S/C12H17F3N4OS.ClH/c1-18(8-11(20)19-4-2-16-3-5-19)7-10-17-6-9(21-10)12(13,14)15;/h6,16H,2-5,7-8H2,1H3;1H. The third kappa shape index (κ3) is 5.38. The normalized spacial score (nSPS) is 15.8. The number of hydrogen-bond donors (Lipinski definition) is 1. The van der Waals surface area contributed by atoms with Gasteiger partial charge in [0.25, 0.3) is 0 Å². The van der Waals surface area contributed by atoms with Crippen LogP contribution in [0.5, 0.6) is 0 Å². The van der Waals surface area contributed by atoms with E-state index in [-0.39, 0.29) is 31.4 Å². The van der Waals surface area contributed by atoms with Crippen LogP contribution in [0.2, 0.25) is 0 Å². The number of nitrogens with zero attached hydrogens (tertiary/aromatic N) is 3. The van der Waals surface area contributed by atoms with Crippen molar-refractivity contribution >= 4 is 29.7 Å². The number of carbonyl (C=O) groups is 1. The van der Waals surface area contributed by atoms with Gasteiger partial charge in [0.05, 0.1) is 19.3 Å². The second kappa shape index (κ2) is 8.09. The Morgan fingerprint density at radius 2 is 2.09 bits per heavy atom. The van der Waals surface area contributed by atoms with E-state index in [1.54, 1.807) is 16.8 Å². The predicted octanol–water partition coefficient (Wildman–Crippen LogP) is 1.45. The Bertz CT molecular complexity index is 491. The van der Waals surface area contributed by atoms with E-state index >= 15 is 0 Å². The van der Waals surface area contributed by atoms with Crippen LogP contribution in [0, 0.1) is 0 Å². The molecule has 0 aromatic carbocycles. The highest BCUT2D eigenvalue weighted by Crippen LogP contribution is 2.33. The number of hydrogen-bond acceptors (Lipinski definition) is 5. The van der Waals surface area contributed by atoms with Crippen LogP contribution in [0.15, 0.2) is 6.20 Å². The van der Waals surface area contributed by atoms with Gasteiger partial charge in [-0.25, -0.2) is 4.98 Å². The first-order valence-corrected chi connectivity index (χ1v) is 7.37. The van der Waals surface area contributed by atoms with Gasteiger partial charge in [0, 0.05) is 26.2 Å². The second-order valence-corrected chi connectivity index (χ2v) is 6.03. The molecule has 10 heteroatoms. The molecule has 0 atom stereocenters. The molecule has 1 saturated heterocycles. The van der Waals surface area contributed by atoms with Gasteiger partial charge in [-0.15, -0.1) is 23.7 Å². The van der Waals surface area contributed by atoms with E-state index in [1.807, 2.05) is 0 Å². The first kappa shape index (κ1) is 19.1. The number of amides is 1. The molecule has 0 unspecified atom stereocenters. The van der Waals surface area contributed by atoms with Crippen molar-refractivity contribution in [3.8, 4) is 0 Å². The van der Waals surface area contributed by atoms with Crippen molar-refractivity contribution in [1.82, 2.24) is 20.1 Å². The van der Waals surface area contributed by atoms with Crippen molar-refractivity contribution in [1.29, 1.82) is 0 Å². The third-order valence-electron chi connectivity index (χ3n) is 3.11. The fourth-order valence-corrected chi connectivity index (χ4v) is 2.91. The van der Waals surface area contributed by atoms with Gasteiger partial charge in [-0.05, 0) is 7.05 Å². The Morgan fingerprint density at radius 1 is 1.45 bits per heavy atom. The van der Waals surface area contributed by atoms with Crippen molar-refractivity contribution in [3.63, 3.8) is 0 Å². The lowest BCUT2D eigenvalue weighted by atomic mass is 10.3. The van der Waals surface area contributed by atoms with E-state index in [0.29, 0.717) is 29.4 Å². The number of carbonyl (C=O) groups excluding carboxylic acids is 1. The summed E-state index contributed by atoms with van der Waals surface area (Å²) >= 11 is 0.618. The number of aromatic nitrogens is 1. The number of rotatable bonds is 4. The Labute approximate surface area is 136 Å². The molecule has 5 nitrogen and oxygen atoms in total. The number of nitrogens with one attached hydrogen (secondary N) is 1. The van der Waals surface area contributed by atoms with Gasteiger partial charge in [-0.1, -0.05) is 0 Å². The summed E-state index contributed by atoms with van der Waals surface area (Å²) < 4.78 is 37.4. The zero-order valence-corrected chi connectivity index (χ0v) is 13.7. The Hall–Kier alpha value is -0.900. The topological polar surface area (TPSA) is 48.5 Å². The Kier molecular flexibility index (Phi) is 7.04. The van der Waals surface area contributed by atoms with Gasteiger partial charge in [0.15, 0.2) is 0 Å². The molecule has 1 aliphatic heterocycles. The molecule has 0 saturated carbocycles. The number of halogens is 4. The second-order valence-electron chi connectivity index (χ2n) is 4.92. The van der Waals surface area contributed by atoms with Crippen LogP contribution in [0.4, 0.5) is 13.2 Å². The average molecular weight is 359 g/mol. The summed E-state index contributed by atoms with van der Waals surface area (Å²) in [5.74, 6) is -0.00778. The molecular weight excluding hydrogens is 341 g/mol. The SMILES string of the molecule is CN(CC(=O)N1CCNCC1)Cc1ncc(C(F)(F)F)s1.Cl. The maximum Gasteiger partial charge on any atom is 0.427 e. The van der Waals surface area contributed by atoms with Gasteiger partial charge in [-0.2, -0.15) is 13.2 Å². The minimum atomic E-state index is -4.36. The van der Waals surface area contributed by atoms with Crippen LogP contribution in [0.1, 0.15) is 9.88 Å². The lowest BCUT2D eigenvalue weighted by molar-refractivity contribution is -0.134. The van der Waals surface area contributed by atoms with Crippen LogP contribution in [-0.4, -0.2) is 60.5 Å². The van der Waals surface area contributed by atoms with Crippen LogP contribution in [-0.2, 0) is 17.5 Å². The zero-order chi connectivity index (χ0) is 15.5. The fourth-order valence-electron chi connectivity index (χ4n) is 2.05. The summed E-state index contributed by atoms with van der Waals surface area (Å²) in [7, 11) is 1.70. The summed E-state index contributed by atoms with van der Waals surface area (Å²) in [6.07, 6.45) is -3.52. The minimum absolute atomic E-state index is 0. The lowest BCUT2D eigenvalue weighted by Gasteiger charge is -2.29. The molecule has 0 spiro atoms. The average Bonchev–Trinajstić information content (AvgIpc) is 2.88. The van der Waals surface area contributed by atoms with Gasteiger partial charge in [-0.3, -0.25) is 9.69 Å². The van der Waals surface area contributed by atoms with Crippen LogP contribution in [0.25, 0.3) is 0 Å². The molecule has 0 radical (unpaired) electrons. The molecule has 126 valence electrons. The van der Waals surface area contributed by atoms with Crippen LogP contribution < -0.4 is 5.32 Å². The van der Waals surface area contributed by atoms with E-state index in [0.717, 1.165) is 19.3 Å². The van der Waals surface area contributed by atoms with Crippen molar-refractivity contribution < 1.29 is 18.0 Å². The monoisotopic (exact) mass is 358 g/mol. The van der Waals surface area contributed by atoms with Crippen LogP contribution in [0.3, 0.4) is 0 Å². The van der Waals surface area contributed by atoms with E-state index in [1.165, 1.54) is 0 Å². The highest BCUT2D eigenvalue weighted by Gasteiger charge is 2.33. The maximum absolute atomic E-state index is 12.5. The molecule has 0 aliphatic carbocycles. The van der Waals surface area contributed by atoms with Crippen molar-refractivity contribution in [3.05, 3.63) is 16.1 Å². The summed E-state index contributed by atoms with van der Waals surface area (Å²) in [4.78, 5) is 18.5. The van der Waals surface area contributed by atoms with Crippen molar-refractivity contribution in [2.24, 2.45) is 0 Å². The van der Waals surface area contributed by atoms with E-state index in [9.17, 15) is 18.0 Å². The van der Waals surface area contributed by atoms with Crippen molar-refractivity contribution in [2.45, 2.75) is 12.7 Å². The number of likely N-dealkylation sites (N-methyl/N-ethyl adjacent to an activating group) is 1. The van der Waals surface area contributed by atoms with Gasteiger partial charge < -0.3 is 10.2 Å². The van der Waals surface area contributed by atoms with Crippen molar-refractivity contribution in [2.75, 3.05) is 39.8 Å². The largest absolute Gasteiger partial charge is 0.427 e. The summed E-state index contributed by atoms with van der Waals surface area (Å²) in [5.41, 5.74) is 0. The summed E-state index contributed by atoms with van der Waals surface area (Å²) in [5, 5.41) is 3.52. The quantitative estimate of drug-likeness (QED) is 0.885. The molecule has 1 amide bonds. The highest BCUT2D eigenvalue weighted by molar-refractivity contribution is 7.11.